The van der Waals surface area contributed by atoms with Crippen molar-refractivity contribution in [2.45, 2.75) is 19.9 Å². The van der Waals surface area contributed by atoms with E-state index in [1.165, 1.54) is 11.3 Å². The van der Waals surface area contributed by atoms with Crippen LogP contribution in [0.2, 0.25) is 0 Å². The first kappa shape index (κ1) is 21.8. The highest BCUT2D eigenvalue weighted by Gasteiger charge is 2.33. The zero-order valence-electron chi connectivity index (χ0n) is 18.5. The molecule has 164 valence electrons. The number of thiazole rings is 1. The Morgan fingerprint density at radius 3 is 2.47 bits per heavy atom. The molecule has 0 amide bonds. The van der Waals surface area contributed by atoms with Crippen LogP contribution in [0.4, 0.5) is 5.69 Å². The van der Waals surface area contributed by atoms with Gasteiger partial charge in [-0.1, -0.05) is 53.8 Å². The highest BCUT2D eigenvalue weighted by atomic mass is 32.1. The largest absolute Gasteiger partial charge is 0.463 e. The number of aromatic nitrogens is 1. The molecule has 1 aliphatic rings. The van der Waals surface area contributed by atoms with Crippen LogP contribution in [-0.2, 0) is 9.53 Å². The third kappa shape index (κ3) is 4.03. The van der Waals surface area contributed by atoms with Gasteiger partial charge < -0.3 is 9.64 Å². The van der Waals surface area contributed by atoms with Gasteiger partial charge in [-0.2, -0.15) is 0 Å². The number of hydrogen-bond donors (Lipinski definition) is 0. The van der Waals surface area contributed by atoms with E-state index in [2.05, 4.69) is 4.99 Å². The second-order valence-corrected chi connectivity index (χ2v) is 8.71. The minimum absolute atomic E-state index is 0.173. The summed E-state index contributed by atoms with van der Waals surface area (Å²) >= 11 is 1.33. The van der Waals surface area contributed by atoms with Gasteiger partial charge in [0, 0.05) is 19.8 Å². The summed E-state index contributed by atoms with van der Waals surface area (Å²) in [6, 6.07) is 17.0. The van der Waals surface area contributed by atoms with E-state index in [-0.39, 0.29) is 12.2 Å². The number of esters is 1. The monoisotopic (exact) mass is 447 g/mol. The van der Waals surface area contributed by atoms with E-state index in [9.17, 15) is 9.59 Å². The van der Waals surface area contributed by atoms with Gasteiger partial charge in [-0.3, -0.25) is 9.36 Å². The van der Waals surface area contributed by atoms with Crippen molar-refractivity contribution in [1.29, 1.82) is 0 Å². The molecule has 0 aliphatic carbocycles. The summed E-state index contributed by atoms with van der Waals surface area (Å²) in [5.41, 5.74) is 3.65. The molecule has 0 bridgehead atoms. The van der Waals surface area contributed by atoms with E-state index in [0.717, 1.165) is 16.8 Å². The first-order valence-corrected chi connectivity index (χ1v) is 11.2. The smallest absolute Gasteiger partial charge is 0.338 e. The lowest BCUT2D eigenvalue weighted by atomic mass is 9.96. The van der Waals surface area contributed by atoms with Crippen molar-refractivity contribution in [2.75, 3.05) is 25.6 Å². The fraction of sp³-hybridized carbons (Fsp3) is 0.240. The van der Waals surface area contributed by atoms with Crippen LogP contribution in [0, 0.1) is 0 Å². The number of nitrogens with zero attached hydrogens (tertiary/aromatic N) is 3. The number of fused-ring (bicyclic) bond motifs is 1. The molecule has 2 aromatic carbocycles. The van der Waals surface area contributed by atoms with Crippen LogP contribution in [0.5, 0.6) is 0 Å². The molecule has 3 aromatic rings. The van der Waals surface area contributed by atoms with E-state index < -0.39 is 12.0 Å². The lowest BCUT2D eigenvalue weighted by Gasteiger charge is -2.24. The van der Waals surface area contributed by atoms with Crippen LogP contribution in [0.15, 0.2) is 75.7 Å². The van der Waals surface area contributed by atoms with Crippen molar-refractivity contribution < 1.29 is 9.53 Å². The van der Waals surface area contributed by atoms with Crippen LogP contribution in [-0.4, -0.2) is 31.2 Å². The fourth-order valence-electron chi connectivity index (χ4n) is 3.76. The summed E-state index contributed by atoms with van der Waals surface area (Å²) in [5.74, 6) is -0.448. The highest BCUT2D eigenvalue weighted by molar-refractivity contribution is 7.07. The Kier molecular flexibility index (Phi) is 6.10. The summed E-state index contributed by atoms with van der Waals surface area (Å²) in [7, 11) is 3.97. The van der Waals surface area contributed by atoms with Crippen LogP contribution in [0.1, 0.15) is 31.0 Å². The Labute approximate surface area is 190 Å². The van der Waals surface area contributed by atoms with Crippen molar-refractivity contribution >= 4 is 29.1 Å². The van der Waals surface area contributed by atoms with Crippen molar-refractivity contribution in [1.82, 2.24) is 4.57 Å². The maximum Gasteiger partial charge on any atom is 0.338 e. The van der Waals surface area contributed by atoms with Crippen molar-refractivity contribution in [2.24, 2.45) is 4.99 Å². The highest BCUT2D eigenvalue weighted by Crippen LogP contribution is 2.30. The van der Waals surface area contributed by atoms with Gasteiger partial charge in [0.15, 0.2) is 4.80 Å². The predicted molar refractivity (Wildman–Crippen MR) is 128 cm³/mol. The number of carbonyl (C=O) groups is 1. The molecule has 0 N–H and O–H groups in total. The molecule has 1 atom stereocenters. The standard InChI is InChI=1S/C25H25N3O3S/c1-5-31-24(30)21-16(2)26-25-28(22(21)18-9-7-6-8-10-18)23(29)20(32-25)15-17-11-13-19(14-12-17)27(3)4/h6-15,22H,5H2,1-4H3/b20-15+/t22-/m0/s1. The fourth-order valence-corrected chi connectivity index (χ4v) is 4.81. The van der Waals surface area contributed by atoms with E-state index in [1.807, 2.05) is 79.7 Å². The average Bonchev–Trinajstić information content (AvgIpc) is 3.08. The average molecular weight is 448 g/mol. The van der Waals surface area contributed by atoms with Crippen LogP contribution >= 0.6 is 11.3 Å². The molecule has 1 aliphatic heterocycles. The zero-order chi connectivity index (χ0) is 22.8. The number of anilines is 1. The molecule has 6 nitrogen and oxygen atoms in total. The van der Waals surface area contributed by atoms with Gasteiger partial charge in [-0.05, 0) is 43.2 Å². The van der Waals surface area contributed by atoms with E-state index in [4.69, 9.17) is 4.74 Å². The zero-order valence-corrected chi connectivity index (χ0v) is 19.3. The maximum absolute atomic E-state index is 13.5. The lowest BCUT2D eigenvalue weighted by molar-refractivity contribution is -0.139. The molecule has 0 saturated heterocycles. The van der Waals surface area contributed by atoms with Gasteiger partial charge in [0.05, 0.1) is 28.5 Å². The van der Waals surface area contributed by atoms with Crippen molar-refractivity contribution in [3.63, 3.8) is 0 Å². The minimum atomic E-state index is -0.579. The summed E-state index contributed by atoms with van der Waals surface area (Å²) < 4.78 is 7.49. The molecular formula is C25H25N3O3S. The molecule has 0 fully saturated rings. The molecule has 4 rings (SSSR count). The van der Waals surface area contributed by atoms with E-state index in [0.29, 0.717) is 20.6 Å². The predicted octanol–water partition coefficient (Wildman–Crippen LogP) is 2.86. The second kappa shape index (κ2) is 8.96. The van der Waals surface area contributed by atoms with Gasteiger partial charge in [0.2, 0.25) is 0 Å². The summed E-state index contributed by atoms with van der Waals surface area (Å²) in [4.78, 5) is 33.5. The first-order valence-electron chi connectivity index (χ1n) is 10.4. The molecule has 0 radical (unpaired) electrons. The van der Waals surface area contributed by atoms with Gasteiger partial charge in [-0.15, -0.1) is 0 Å². The van der Waals surface area contributed by atoms with Gasteiger partial charge >= 0.3 is 5.97 Å². The van der Waals surface area contributed by atoms with Gasteiger partial charge in [-0.25, -0.2) is 9.79 Å². The number of allylic oxidation sites excluding steroid dienone is 1. The third-order valence-corrected chi connectivity index (χ3v) is 6.32. The molecular weight excluding hydrogens is 422 g/mol. The third-order valence-electron chi connectivity index (χ3n) is 5.34. The second-order valence-electron chi connectivity index (χ2n) is 7.70. The van der Waals surface area contributed by atoms with Crippen LogP contribution < -0.4 is 19.8 Å². The Bertz CT molecular complexity index is 1350. The lowest BCUT2D eigenvalue weighted by Crippen LogP contribution is -2.39. The first-order chi connectivity index (χ1) is 15.4. The Morgan fingerprint density at radius 1 is 1.16 bits per heavy atom. The topological polar surface area (TPSA) is 63.9 Å². The van der Waals surface area contributed by atoms with Crippen LogP contribution in [0.3, 0.4) is 0 Å². The quantitative estimate of drug-likeness (QED) is 0.565. The Hall–Kier alpha value is -3.45. The summed E-state index contributed by atoms with van der Waals surface area (Å²) in [5, 5.41) is 0. The molecule has 2 heterocycles. The van der Waals surface area contributed by atoms with Gasteiger partial charge in [0.25, 0.3) is 5.56 Å². The van der Waals surface area contributed by atoms with Crippen molar-refractivity contribution in [3.05, 3.63) is 96.7 Å². The number of hydrogen-bond acceptors (Lipinski definition) is 6. The van der Waals surface area contributed by atoms with Crippen LogP contribution in [0.25, 0.3) is 6.08 Å². The number of rotatable bonds is 5. The Morgan fingerprint density at radius 2 is 1.84 bits per heavy atom. The Balaban J connectivity index is 1.89. The molecule has 32 heavy (non-hydrogen) atoms. The van der Waals surface area contributed by atoms with E-state index >= 15 is 0 Å². The SMILES string of the molecule is CCOC(=O)C1=C(C)N=c2s/c(=C/c3ccc(N(C)C)cc3)c(=O)n2[C@H]1c1ccccc1. The summed E-state index contributed by atoms with van der Waals surface area (Å²) in [6.45, 7) is 3.81. The van der Waals surface area contributed by atoms with Gasteiger partial charge in [0.1, 0.15) is 0 Å². The summed E-state index contributed by atoms with van der Waals surface area (Å²) in [6.07, 6.45) is 1.87. The number of benzene rings is 2. The minimum Gasteiger partial charge on any atom is -0.463 e. The molecule has 1 aromatic heterocycles. The van der Waals surface area contributed by atoms with E-state index in [1.54, 1.807) is 18.4 Å². The maximum atomic E-state index is 13.5. The van der Waals surface area contributed by atoms with Crippen molar-refractivity contribution in [3.8, 4) is 0 Å². The normalized spacial score (nSPS) is 15.9. The molecule has 0 saturated carbocycles. The molecule has 0 unspecified atom stereocenters. The molecule has 7 heteroatoms. The number of ether oxygens (including phenoxy) is 1. The number of carbonyl (C=O) groups excluding carboxylic acids is 1. The molecule has 0 spiro atoms.